The number of carbonyl (C=O) groups excluding carboxylic acids is 1. The Bertz CT molecular complexity index is 543. The molecule has 3 heterocycles. The fourth-order valence-electron chi connectivity index (χ4n) is 3.82. The topological polar surface area (TPSA) is 52.8 Å². The van der Waals surface area contributed by atoms with Gasteiger partial charge in [-0.15, -0.1) is 0 Å². The van der Waals surface area contributed by atoms with Gasteiger partial charge in [0, 0.05) is 52.2 Å². The van der Waals surface area contributed by atoms with Crippen molar-refractivity contribution in [2.75, 3.05) is 39.3 Å². The lowest BCUT2D eigenvalue weighted by Gasteiger charge is -2.39. The molecule has 0 spiro atoms. The smallest absolute Gasteiger partial charge is 0.219 e. The third-order valence-corrected chi connectivity index (χ3v) is 5.31. The van der Waals surface area contributed by atoms with E-state index in [1.165, 1.54) is 0 Å². The lowest BCUT2D eigenvalue weighted by atomic mass is 10.0. The molecule has 0 aromatic carbocycles. The molecule has 1 aromatic rings. The molecule has 23 heavy (non-hydrogen) atoms. The molecule has 6 nitrogen and oxygen atoms in total. The van der Waals surface area contributed by atoms with Gasteiger partial charge in [-0.25, -0.2) is 4.98 Å². The summed E-state index contributed by atoms with van der Waals surface area (Å²) in [5, 5.41) is 0. The number of hydrogen-bond acceptors (Lipinski definition) is 5. The predicted octanol–water partition coefficient (Wildman–Crippen LogP) is 1.28. The molecule has 2 fully saturated rings. The highest BCUT2D eigenvalue weighted by molar-refractivity contribution is 5.73. The van der Waals surface area contributed by atoms with E-state index in [-0.39, 0.29) is 5.91 Å². The first kappa shape index (κ1) is 16.5. The zero-order valence-corrected chi connectivity index (χ0v) is 14.7. The maximum absolute atomic E-state index is 11.5. The van der Waals surface area contributed by atoms with Crippen LogP contribution in [0.25, 0.3) is 0 Å². The quantitative estimate of drug-likeness (QED) is 0.840. The summed E-state index contributed by atoms with van der Waals surface area (Å²) in [7, 11) is 0. The molecular formula is C17H28N4O2. The van der Waals surface area contributed by atoms with Crippen LogP contribution in [0.5, 0.6) is 0 Å². The number of oxazole rings is 1. The highest BCUT2D eigenvalue weighted by Crippen LogP contribution is 2.24. The van der Waals surface area contributed by atoms with Crippen LogP contribution in [0.2, 0.25) is 0 Å². The van der Waals surface area contributed by atoms with Crippen LogP contribution in [-0.4, -0.2) is 70.9 Å². The van der Waals surface area contributed by atoms with Gasteiger partial charge in [-0.3, -0.25) is 14.6 Å². The van der Waals surface area contributed by atoms with Crippen molar-refractivity contribution >= 4 is 5.91 Å². The first-order valence-electron chi connectivity index (χ1n) is 8.59. The molecule has 0 N–H and O–H groups in total. The number of amides is 1. The van der Waals surface area contributed by atoms with Gasteiger partial charge in [-0.1, -0.05) is 6.92 Å². The van der Waals surface area contributed by atoms with Crippen LogP contribution in [0, 0.1) is 19.8 Å². The van der Waals surface area contributed by atoms with E-state index >= 15 is 0 Å². The summed E-state index contributed by atoms with van der Waals surface area (Å²) < 4.78 is 5.72. The van der Waals surface area contributed by atoms with Crippen LogP contribution in [0.4, 0.5) is 0 Å². The monoisotopic (exact) mass is 320 g/mol. The van der Waals surface area contributed by atoms with Gasteiger partial charge in [0.2, 0.25) is 11.8 Å². The molecule has 3 rings (SSSR count). The number of nitrogens with zero attached hydrogens (tertiary/aromatic N) is 4. The Labute approximate surface area is 138 Å². The van der Waals surface area contributed by atoms with Gasteiger partial charge in [0.1, 0.15) is 5.76 Å². The van der Waals surface area contributed by atoms with Crippen LogP contribution in [0.3, 0.4) is 0 Å². The van der Waals surface area contributed by atoms with Gasteiger partial charge < -0.3 is 9.32 Å². The minimum absolute atomic E-state index is 0.195. The van der Waals surface area contributed by atoms with Gasteiger partial charge in [0.05, 0.1) is 12.2 Å². The lowest BCUT2D eigenvalue weighted by Crippen LogP contribution is -2.53. The zero-order valence-electron chi connectivity index (χ0n) is 14.7. The highest BCUT2D eigenvalue weighted by atomic mass is 16.4. The summed E-state index contributed by atoms with van der Waals surface area (Å²) >= 11 is 0. The molecule has 6 heteroatoms. The van der Waals surface area contributed by atoms with Crippen molar-refractivity contribution in [1.82, 2.24) is 19.7 Å². The van der Waals surface area contributed by atoms with E-state index in [4.69, 9.17) is 4.42 Å². The summed E-state index contributed by atoms with van der Waals surface area (Å²) in [5.74, 6) is 2.58. The maximum Gasteiger partial charge on any atom is 0.219 e. The molecule has 0 unspecified atom stereocenters. The number of hydrogen-bond donors (Lipinski definition) is 0. The second-order valence-electron chi connectivity index (χ2n) is 7.03. The minimum atomic E-state index is 0.195. The summed E-state index contributed by atoms with van der Waals surface area (Å²) in [6.45, 7) is 14.6. The van der Waals surface area contributed by atoms with E-state index in [1.807, 2.05) is 18.7 Å². The molecule has 2 aliphatic heterocycles. The van der Waals surface area contributed by atoms with Crippen LogP contribution >= 0.6 is 0 Å². The van der Waals surface area contributed by atoms with Crippen molar-refractivity contribution in [3.63, 3.8) is 0 Å². The number of aryl methyl sites for hydroxylation is 2. The summed E-state index contributed by atoms with van der Waals surface area (Å²) in [4.78, 5) is 22.9. The summed E-state index contributed by atoms with van der Waals surface area (Å²) in [6, 6.07) is 0.571. The molecule has 2 saturated heterocycles. The molecule has 2 aliphatic rings. The van der Waals surface area contributed by atoms with Crippen LogP contribution in [-0.2, 0) is 11.3 Å². The van der Waals surface area contributed by atoms with E-state index in [9.17, 15) is 4.79 Å². The maximum atomic E-state index is 11.5. The first-order chi connectivity index (χ1) is 10.9. The standard InChI is InChI=1S/C17H28N4O2/c1-12-9-19(11-17-18-13(2)14(3)23-17)10-16(12)21-7-5-20(6-8-21)15(4)22/h12,16H,5-11H2,1-4H3/t12-,16-/m0/s1. The van der Waals surface area contributed by atoms with Gasteiger partial charge in [0.25, 0.3) is 0 Å². The molecule has 2 atom stereocenters. The van der Waals surface area contributed by atoms with Gasteiger partial charge in [-0.05, 0) is 19.8 Å². The largest absolute Gasteiger partial charge is 0.444 e. The molecule has 0 bridgehead atoms. The van der Waals surface area contributed by atoms with E-state index in [0.717, 1.165) is 63.2 Å². The third-order valence-electron chi connectivity index (χ3n) is 5.31. The third kappa shape index (κ3) is 3.58. The number of rotatable bonds is 3. The zero-order chi connectivity index (χ0) is 16.6. The van der Waals surface area contributed by atoms with Crippen LogP contribution in [0.1, 0.15) is 31.2 Å². The highest BCUT2D eigenvalue weighted by Gasteiger charge is 2.35. The second kappa shape index (κ2) is 6.61. The van der Waals surface area contributed by atoms with Crippen LogP contribution in [0.15, 0.2) is 4.42 Å². The average Bonchev–Trinajstić information content (AvgIpc) is 3.02. The fourth-order valence-corrected chi connectivity index (χ4v) is 3.82. The Kier molecular flexibility index (Phi) is 4.73. The SMILES string of the molecule is CC(=O)N1CCN([C@H]2CN(Cc3nc(C)c(C)o3)C[C@@H]2C)CC1. The lowest BCUT2D eigenvalue weighted by molar-refractivity contribution is -0.130. The van der Waals surface area contributed by atoms with Crippen LogP contribution < -0.4 is 0 Å². The Hall–Kier alpha value is -1.40. The van der Waals surface area contributed by atoms with Crippen molar-refractivity contribution in [3.05, 3.63) is 17.3 Å². The van der Waals surface area contributed by atoms with Crippen molar-refractivity contribution in [1.29, 1.82) is 0 Å². The number of carbonyl (C=O) groups is 1. The average molecular weight is 320 g/mol. The van der Waals surface area contributed by atoms with E-state index < -0.39 is 0 Å². The number of aromatic nitrogens is 1. The number of piperazine rings is 1. The van der Waals surface area contributed by atoms with E-state index in [2.05, 4.69) is 21.7 Å². The van der Waals surface area contributed by atoms with Crippen molar-refractivity contribution in [3.8, 4) is 0 Å². The molecule has 0 radical (unpaired) electrons. The Balaban J connectivity index is 1.55. The molecule has 0 aliphatic carbocycles. The van der Waals surface area contributed by atoms with Crippen molar-refractivity contribution in [2.24, 2.45) is 5.92 Å². The summed E-state index contributed by atoms with van der Waals surface area (Å²) in [5.41, 5.74) is 0.990. The van der Waals surface area contributed by atoms with E-state index in [0.29, 0.717) is 12.0 Å². The minimum Gasteiger partial charge on any atom is -0.444 e. The summed E-state index contributed by atoms with van der Waals surface area (Å²) in [6.07, 6.45) is 0. The normalized spacial score (nSPS) is 26.9. The van der Waals surface area contributed by atoms with Gasteiger partial charge in [0.15, 0.2) is 0 Å². The number of likely N-dealkylation sites (tertiary alicyclic amines) is 1. The fraction of sp³-hybridized carbons (Fsp3) is 0.765. The van der Waals surface area contributed by atoms with Crippen molar-refractivity contribution in [2.45, 2.75) is 40.3 Å². The molecule has 1 aromatic heterocycles. The first-order valence-corrected chi connectivity index (χ1v) is 8.59. The molecule has 0 saturated carbocycles. The molecular weight excluding hydrogens is 292 g/mol. The Morgan fingerprint density at radius 1 is 1.22 bits per heavy atom. The second-order valence-corrected chi connectivity index (χ2v) is 7.03. The van der Waals surface area contributed by atoms with Gasteiger partial charge in [-0.2, -0.15) is 0 Å². The van der Waals surface area contributed by atoms with Crippen molar-refractivity contribution < 1.29 is 9.21 Å². The predicted molar refractivity (Wildman–Crippen MR) is 88.0 cm³/mol. The van der Waals surface area contributed by atoms with Gasteiger partial charge >= 0.3 is 0 Å². The molecule has 1 amide bonds. The van der Waals surface area contributed by atoms with E-state index in [1.54, 1.807) is 6.92 Å². The Morgan fingerprint density at radius 3 is 2.48 bits per heavy atom. The Morgan fingerprint density at radius 2 is 1.91 bits per heavy atom. The molecule has 128 valence electrons.